The van der Waals surface area contributed by atoms with E-state index >= 15 is 0 Å². The van der Waals surface area contributed by atoms with Crippen LogP contribution in [0.2, 0.25) is 0 Å². The van der Waals surface area contributed by atoms with Gasteiger partial charge in [-0.25, -0.2) is 4.98 Å². The lowest BCUT2D eigenvalue weighted by molar-refractivity contribution is 0.415. The number of hydrogen-bond acceptors (Lipinski definition) is 4. The lowest BCUT2D eigenvalue weighted by atomic mass is 10.2. The van der Waals surface area contributed by atoms with Gasteiger partial charge in [0.25, 0.3) is 0 Å². The third-order valence-electron chi connectivity index (χ3n) is 3.84. The van der Waals surface area contributed by atoms with Gasteiger partial charge in [0.05, 0.1) is 12.8 Å². The Morgan fingerprint density at radius 3 is 2.70 bits per heavy atom. The van der Waals surface area contributed by atoms with Crippen LogP contribution >= 0.6 is 11.3 Å². The number of aromatic amines is 1. The van der Waals surface area contributed by atoms with Crippen LogP contribution in [0.25, 0.3) is 10.6 Å². The molecule has 23 heavy (non-hydrogen) atoms. The molecule has 0 spiro atoms. The smallest absolute Gasteiger partial charge is 0.123 e. The van der Waals surface area contributed by atoms with Gasteiger partial charge in [0, 0.05) is 35.4 Å². The largest absolute Gasteiger partial charge is 0.497 e. The number of aromatic nitrogens is 2. The molecule has 120 valence electrons. The Bertz CT molecular complexity index is 747. The highest BCUT2D eigenvalue weighted by molar-refractivity contribution is 7.15. The van der Waals surface area contributed by atoms with Crippen LogP contribution in [0.15, 0.2) is 42.7 Å². The Morgan fingerprint density at radius 2 is 2.04 bits per heavy atom. The van der Waals surface area contributed by atoms with E-state index in [1.54, 1.807) is 18.4 Å². The van der Waals surface area contributed by atoms with Crippen molar-refractivity contribution in [2.24, 2.45) is 0 Å². The van der Waals surface area contributed by atoms with Gasteiger partial charge in [-0.3, -0.25) is 0 Å². The standard InChI is InChI=1S/C18H21N3OS/c1-12(20-11-14-8-9-19-10-14)17-13(2)21-18(23-17)15-4-6-16(22-3)7-5-15/h4-10,12,19-20H,11H2,1-3H3/t12-/m0/s1. The molecule has 5 heteroatoms. The molecular formula is C18H21N3OS. The molecule has 2 N–H and O–H groups in total. The van der Waals surface area contributed by atoms with Crippen molar-refractivity contribution >= 4 is 11.3 Å². The SMILES string of the molecule is COc1ccc(-c2nc(C)c([C@H](C)NCc3cc[nH]c3)s2)cc1. The van der Waals surface area contributed by atoms with Crippen LogP contribution in [-0.4, -0.2) is 17.1 Å². The molecule has 0 aliphatic carbocycles. The molecule has 0 bridgehead atoms. The molecule has 1 aromatic carbocycles. The van der Waals surface area contributed by atoms with Gasteiger partial charge < -0.3 is 15.0 Å². The van der Waals surface area contributed by atoms with E-state index in [2.05, 4.69) is 42.3 Å². The monoisotopic (exact) mass is 327 g/mol. The van der Waals surface area contributed by atoms with E-state index in [1.165, 1.54) is 10.4 Å². The third-order valence-corrected chi connectivity index (χ3v) is 5.23. The van der Waals surface area contributed by atoms with Crippen LogP contribution in [0.3, 0.4) is 0 Å². The zero-order chi connectivity index (χ0) is 16.2. The van der Waals surface area contributed by atoms with Crippen molar-refractivity contribution < 1.29 is 4.74 Å². The van der Waals surface area contributed by atoms with Crippen molar-refractivity contribution in [1.29, 1.82) is 0 Å². The predicted octanol–water partition coefficient (Wildman–Crippen LogP) is 4.31. The second-order valence-electron chi connectivity index (χ2n) is 5.52. The Hall–Kier alpha value is -2.11. The van der Waals surface area contributed by atoms with Crippen LogP contribution in [0, 0.1) is 6.92 Å². The first-order valence-corrected chi connectivity index (χ1v) is 8.46. The van der Waals surface area contributed by atoms with E-state index in [4.69, 9.17) is 9.72 Å². The maximum atomic E-state index is 5.21. The van der Waals surface area contributed by atoms with E-state index in [-0.39, 0.29) is 6.04 Å². The number of nitrogens with zero attached hydrogens (tertiary/aromatic N) is 1. The van der Waals surface area contributed by atoms with Gasteiger partial charge in [0.2, 0.25) is 0 Å². The summed E-state index contributed by atoms with van der Waals surface area (Å²) in [5.41, 5.74) is 3.48. The number of aryl methyl sites for hydroxylation is 1. The lowest BCUT2D eigenvalue weighted by Gasteiger charge is -2.11. The zero-order valence-corrected chi connectivity index (χ0v) is 14.4. The lowest BCUT2D eigenvalue weighted by Crippen LogP contribution is -2.17. The fraction of sp³-hybridized carbons (Fsp3) is 0.278. The molecule has 2 heterocycles. The van der Waals surface area contributed by atoms with Crippen molar-refractivity contribution in [1.82, 2.24) is 15.3 Å². The molecule has 0 saturated carbocycles. The van der Waals surface area contributed by atoms with E-state index in [9.17, 15) is 0 Å². The molecule has 0 aliphatic heterocycles. The number of nitrogens with one attached hydrogen (secondary N) is 2. The summed E-state index contributed by atoms with van der Waals surface area (Å²) in [5.74, 6) is 0.865. The summed E-state index contributed by atoms with van der Waals surface area (Å²) in [5, 5.41) is 4.61. The molecule has 1 atom stereocenters. The van der Waals surface area contributed by atoms with Gasteiger partial charge in [-0.05, 0) is 49.7 Å². The normalized spacial score (nSPS) is 12.3. The minimum absolute atomic E-state index is 0.273. The van der Waals surface area contributed by atoms with Crippen LogP contribution in [0.4, 0.5) is 0 Å². The van der Waals surface area contributed by atoms with E-state index < -0.39 is 0 Å². The predicted molar refractivity (Wildman–Crippen MR) is 94.9 cm³/mol. The Balaban J connectivity index is 1.74. The number of rotatable bonds is 6. The van der Waals surface area contributed by atoms with Gasteiger partial charge >= 0.3 is 0 Å². The Morgan fingerprint density at radius 1 is 1.26 bits per heavy atom. The first-order valence-electron chi connectivity index (χ1n) is 7.64. The van der Waals surface area contributed by atoms with Crippen LogP contribution in [0.1, 0.15) is 29.1 Å². The minimum Gasteiger partial charge on any atom is -0.497 e. The summed E-state index contributed by atoms with van der Waals surface area (Å²) >= 11 is 1.75. The summed E-state index contributed by atoms with van der Waals surface area (Å²) in [6, 6.07) is 10.4. The molecule has 0 saturated heterocycles. The molecule has 0 unspecified atom stereocenters. The molecule has 4 nitrogen and oxygen atoms in total. The van der Waals surface area contributed by atoms with Gasteiger partial charge in [0.15, 0.2) is 0 Å². The van der Waals surface area contributed by atoms with E-state index in [1.807, 2.05) is 24.5 Å². The number of thiazole rings is 1. The number of methoxy groups -OCH3 is 1. The van der Waals surface area contributed by atoms with Gasteiger partial charge in [0.1, 0.15) is 10.8 Å². The van der Waals surface area contributed by atoms with Crippen LogP contribution in [0.5, 0.6) is 5.75 Å². The van der Waals surface area contributed by atoms with Crippen LogP contribution in [-0.2, 0) is 6.54 Å². The second kappa shape index (κ2) is 6.98. The van der Waals surface area contributed by atoms with E-state index in [0.29, 0.717) is 0 Å². The van der Waals surface area contributed by atoms with Gasteiger partial charge in [-0.1, -0.05) is 0 Å². The quantitative estimate of drug-likeness (QED) is 0.709. The maximum absolute atomic E-state index is 5.21. The van der Waals surface area contributed by atoms with Crippen molar-refractivity contribution in [2.45, 2.75) is 26.4 Å². The molecule has 0 radical (unpaired) electrons. The summed E-state index contributed by atoms with van der Waals surface area (Å²) in [4.78, 5) is 9.10. The first kappa shape index (κ1) is 15.8. The fourth-order valence-corrected chi connectivity index (χ4v) is 3.60. The maximum Gasteiger partial charge on any atom is 0.123 e. The molecule has 0 aliphatic rings. The second-order valence-corrected chi connectivity index (χ2v) is 6.55. The van der Waals surface area contributed by atoms with Crippen molar-refractivity contribution in [3.05, 3.63) is 58.9 Å². The highest BCUT2D eigenvalue weighted by Gasteiger charge is 2.15. The van der Waals surface area contributed by atoms with Gasteiger partial charge in [-0.2, -0.15) is 0 Å². The number of H-pyrrole nitrogens is 1. The summed E-state index contributed by atoms with van der Waals surface area (Å²) in [6.45, 7) is 5.11. The number of hydrogen-bond donors (Lipinski definition) is 2. The van der Waals surface area contributed by atoms with Crippen molar-refractivity contribution in [2.75, 3.05) is 7.11 Å². The third kappa shape index (κ3) is 3.63. The van der Waals surface area contributed by atoms with Crippen LogP contribution < -0.4 is 10.1 Å². The molecule has 3 aromatic rings. The Kier molecular flexibility index (Phi) is 4.79. The van der Waals surface area contributed by atoms with Gasteiger partial charge in [-0.15, -0.1) is 11.3 Å². The van der Waals surface area contributed by atoms with Crippen molar-refractivity contribution in [3.8, 4) is 16.3 Å². The average molecular weight is 327 g/mol. The molecule has 3 rings (SSSR count). The summed E-state index contributed by atoms with van der Waals surface area (Å²) in [6.07, 6.45) is 3.96. The summed E-state index contributed by atoms with van der Waals surface area (Å²) in [7, 11) is 1.68. The highest BCUT2D eigenvalue weighted by Crippen LogP contribution is 2.32. The fourth-order valence-electron chi connectivity index (χ4n) is 2.50. The molecular weight excluding hydrogens is 306 g/mol. The number of ether oxygens (including phenoxy) is 1. The zero-order valence-electron chi connectivity index (χ0n) is 13.6. The first-order chi connectivity index (χ1) is 11.2. The number of benzene rings is 1. The topological polar surface area (TPSA) is 49.9 Å². The Labute approximate surface area is 140 Å². The van der Waals surface area contributed by atoms with E-state index in [0.717, 1.165) is 28.6 Å². The highest BCUT2D eigenvalue weighted by atomic mass is 32.1. The summed E-state index contributed by atoms with van der Waals surface area (Å²) < 4.78 is 5.21. The van der Waals surface area contributed by atoms with Crippen molar-refractivity contribution in [3.63, 3.8) is 0 Å². The minimum atomic E-state index is 0.273. The molecule has 2 aromatic heterocycles. The average Bonchev–Trinajstić information content (AvgIpc) is 3.22. The molecule has 0 amide bonds. The molecule has 0 fully saturated rings.